The number of imide groups is 1. The lowest BCUT2D eigenvalue weighted by Crippen LogP contribution is -2.43. The van der Waals surface area contributed by atoms with Crippen molar-refractivity contribution in [2.24, 2.45) is 0 Å². The van der Waals surface area contributed by atoms with Crippen molar-refractivity contribution >= 4 is 23.1 Å². The van der Waals surface area contributed by atoms with Gasteiger partial charge in [0.2, 0.25) is 0 Å². The first-order chi connectivity index (χ1) is 14.8. The number of carbonyl (C=O) groups excluding carboxylic acids is 2. The number of amides is 2. The van der Waals surface area contributed by atoms with Crippen molar-refractivity contribution in [3.63, 3.8) is 0 Å². The lowest BCUT2D eigenvalue weighted by Gasteiger charge is -2.36. The maximum absolute atomic E-state index is 13.5. The number of likely N-dealkylation sites (tertiary alicyclic amines) is 1. The van der Waals surface area contributed by atoms with Crippen LogP contribution in [-0.4, -0.2) is 29.3 Å². The van der Waals surface area contributed by atoms with Gasteiger partial charge in [-0.05, 0) is 49.9 Å². The van der Waals surface area contributed by atoms with E-state index in [0.717, 1.165) is 49.3 Å². The number of hydrogen-bond donors (Lipinski definition) is 0. The molecule has 4 nitrogen and oxygen atoms in total. The lowest BCUT2D eigenvalue weighted by atomic mass is 9.92. The molecule has 2 heterocycles. The molecule has 0 spiro atoms. The molecule has 2 aliphatic heterocycles. The average molecular weight is 428 g/mol. The number of carbonyl (C=O) groups is 2. The molecule has 31 heavy (non-hydrogen) atoms. The van der Waals surface area contributed by atoms with E-state index >= 15 is 0 Å². The normalized spacial score (nSPS) is 20.9. The Kier molecular flexibility index (Phi) is 5.60. The molecule has 2 aromatic carbocycles. The van der Waals surface area contributed by atoms with Crippen molar-refractivity contribution < 1.29 is 22.8 Å². The first kappa shape index (κ1) is 21.2. The minimum absolute atomic E-state index is 0.0871. The molecule has 0 bridgehead atoms. The van der Waals surface area contributed by atoms with Gasteiger partial charge in [-0.1, -0.05) is 31.2 Å². The van der Waals surface area contributed by atoms with Crippen LogP contribution in [0.3, 0.4) is 0 Å². The second-order valence-corrected chi connectivity index (χ2v) is 7.88. The van der Waals surface area contributed by atoms with Crippen molar-refractivity contribution in [2.45, 2.75) is 44.8 Å². The Hall–Kier alpha value is -3.09. The SMILES string of the molecule is CCC1CCCCN1C=C1C(=O)N(c2cccc(C(F)(F)F)c2)C(=O)c2ccccc21. The third kappa shape index (κ3) is 3.96. The smallest absolute Gasteiger partial charge is 0.374 e. The Labute approximate surface area is 179 Å². The van der Waals surface area contributed by atoms with Crippen LogP contribution in [0, 0.1) is 0 Å². The van der Waals surface area contributed by atoms with Gasteiger partial charge in [0.15, 0.2) is 0 Å². The molecule has 0 saturated carbocycles. The second kappa shape index (κ2) is 8.21. The Bertz CT molecular complexity index is 1050. The van der Waals surface area contributed by atoms with E-state index in [0.29, 0.717) is 22.7 Å². The van der Waals surface area contributed by atoms with Gasteiger partial charge in [0.1, 0.15) is 0 Å². The van der Waals surface area contributed by atoms with Gasteiger partial charge in [-0.2, -0.15) is 13.2 Å². The number of halogens is 3. The largest absolute Gasteiger partial charge is 0.416 e. The molecule has 1 saturated heterocycles. The van der Waals surface area contributed by atoms with Crippen molar-refractivity contribution in [3.05, 3.63) is 71.4 Å². The van der Waals surface area contributed by atoms with E-state index < -0.39 is 23.6 Å². The van der Waals surface area contributed by atoms with Crippen LogP contribution in [0.25, 0.3) is 5.57 Å². The highest BCUT2D eigenvalue weighted by Crippen LogP contribution is 2.36. The van der Waals surface area contributed by atoms with Crippen LogP contribution in [0.1, 0.15) is 54.1 Å². The third-order valence-electron chi connectivity index (χ3n) is 5.95. The molecule has 1 unspecified atom stereocenters. The molecular formula is C24H23F3N2O2. The van der Waals surface area contributed by atoms with Gasteiger partial charge in [-0.15, -0.1) is 0 Å². The number of rotatable bonds is 3. The monoisotopic (exact) mass is 428 g/mol. The fourth-order valence-electron chi connectivity index (χ4n) is 4.33. The van der Waals surface area contributed by atoms with E-state index in [9.17, 15) is 22.8 Å². The summed E-state index contributed by atoms with van der Waals surface area (Å²) in [5.74, 6) is -1.23. The number of piperidine rings is 1. The molecule has 1 atom stereocenters. The summed E-state index contributed by atoms with van der Waals surface area (Å²) in [6.45, 7) is 2.89. The predicted molar refractivity (Wildman–Crippen MR) is 112 cm³/mol. The van der Waals surface area contributed by atoms with Gasteiger partial charge in [-0.25, -0.2) is 4.90 Å². The maximum Gasteiger partial charge on any atom is 0.416 e. The quantitative estimate of drug-likeness (QED) is 0.479. The zero-order valence-corrected chi connectivity index (χ0v) is 17.2. The van der Waals surface area contributed by atoms with Crippen LogP contribution in [0.15, 0.2) is 54.7 Å². The fraction of sp³-hybridized carbons (Fsp3) is 0.333. The van der Waals surface area contributed by atoms with Crippen LogP contribution in [0.5, 0.6) is 0 Å². The summed E-state index contributed by atoms with van der Waals surface area (Å²) in [5, 5.41) is 0. The Balaban J connectivity index is 1.82. The van der Waals surface area contributed by atoms with Gasteiger partial charge in [-0.3, -0.25) is 9.59 Å². The molecule has 0 aromatic heterocycles. The highest BCUT2D eigenvalue weighted by Gasteiger charge is 2.38. The highest BCUT2D eigenvalue weighted by atomic mass is 19.4. The number of anilines is 1. The zero-order valence-electron chi connectivity index (χ0n) is 17.2. The van der Waals surface area contributed by atoms with Crippen LogP contribution in [0.4, 0.5) is 18.9 Å². The molecule has 0 radical (unpaired) electrons. The summed E-state index contributed by atoms with van der Waals surface area (Å²) < 4.78 is 39.7. The summed E-state index contributed by atoms with van der Waals surface area (Å²) in [6.07, 6.45) is 1.30. The molecule has 4 rings (SSSR count). The Morgan fingerprint density at radius 2 is 1.74 bits per heavy atom. The van der Waals surface area contributed by atoms with Crippen molar-refractivity contribution in [2.75, 3.05) is 11.4 Å². The highest BCUT2D eigenvalue weighted by molar-refractivity contribution is 6.41. The van der Waals surface area contributed by atoms with E-state index in [1.165, 1.54) is 12.1 Å². The summed E-state index contributed by atoms with van der Waals surface area (Å²) in [5.41, 5.74) is 0.151. The number of alkyl halides is 3. The summed E-state index contributed by atoms with van der Waals surface area (Å²) in [4.78, 5) is 29.6. The molecule has 7 heteroatoms. The molecule has 2 aromatic rings. The minimum Gasteiger partial charge on any atom is -0.374 e. The topological polar surface area (TPSA) is 40.6 Å². The van der Waals surface area contributed by atoms with Crippen molar-refractivity contribution in [3.8, 4) is 0 Å². The van der Waals surface area contributed by atoms with Gasteiger partial charge >= 0.3 is 6.18 Å². The number of hydrogen-bond acceptors (Lipinski definition) is 3. The van der Waals surface area contributed by atoms with E-state index in [1.807, 2.05) is 0 Å². The van der Waals surface area contributed by atoms with Gasteiger partial charge in [0, 0.05) is 29.9 Å². The average Bonchev–Trinajstić information content (AvgIpc) is 2.76. The van der Waals surface area contributed by atoms with Crippen LogP contribution in [0.2, 0.25) is 0 Å². The van der Waals surface area contributed by atoms with Gasteiger partial charge < -0.3 is 4.90 Å². The zero-order chi connectivity index (χ0) is 22.2. The molecule has 162 valence electrons. The second-order valence-electron chi connectivity index (χ2n) is 7.88. The van der Waals surface area contributed by atoms with Crippen LogP contribution >= 0.6 is 0 Å². The van der Waals surface area contributed by atoms with Gasteiger partial charge in [0.25, 0.3) is 11.8 Å². The summed E-state index contributed by atoms with van der Waals surface area (Å²) in [7, 11) is 0. The van der Waals surface area contributed by atoms with Gasteiger partial charge in [0.05, 0.1) is 16.8 Å². The first-order valence-electron chi connectivity index (χ1n) is 10.4. The predicted octanol–water partition coefficient (Wildman–Crippen LogP) is 5.50. The van der Waals surface area contributed by atoms with Crippen molar-refractivity contribution in [1.29, 1.82) is 0 Å². The standard InChI is InChI=1S/C24H23F3N2O2/c1-2-17-9-5-6-13-28(17)15-21-19-11-3-4-12-20(19)22(30)29(23(21)31)18-10-7-8-16(14-18)24(25,26)27/h3-4,7-8,10-12,14-15,17H,2,5-6,9,13H2,1H3. The van der Waals surface area contributed by atoms with E-state index in [1.54, 1.807) is 30.5 Å². The van der Waals surface area contributed by atoms with E-state index in [2.05, 4.69) is 11.8 Å². The lowest BCUT2D eigenvalue weighted by molar-refractivity contribution is -0.137. The maximum atomic E-state index is 13.5. The molecule has 2 amide bonds. The number of benzene rings is 2. The first-order valence-corrected chi connectivity index (χ1v) is 10.4. The number of fused-ring (bicyclic) bond motifs is 1. The van der Waals surface area contributed by atoms with E-state index in [-0.39, 0.29) is 5.69 Å². The molecule has 0 N–H and O–H groups in total. The third-order valence-corrected chi connectivity index (χ3v) is 5.95. The molecule has 2 aliphatic rings. The fourth-order valence-corrected chi connectivity index (χ4v) is 4.33. The number of nitrogens with zero attached hydrogens (tertiary/aromatic N) is 2. The minimum atomic E-state index is -4.57. The summed E-state index contributed by atoms with van der Waals surface area (Å²) >= 11 is 0. The van der Waals surface area contributed by atoms with Crippen molar-refractivity contribution in [1.82, 2.24) is 4.90 Å². The summed E-state index contributed by atoms with van der Waals surface area (Å²) in [6, 6.07) is 11.4. The van der Waals surface area contributed by atoms with E-state index in [4.69, 9.17) is 0 Å². The van der Waals surface area contributed by atoms with Crippen LogP contribution < -0.4 is 4.90 Å². The molecular weight excluding hydrogens is 405 g/mol. The molecule has 1 fully saturated rings. The Morgan fingerprint density at radius 3 is 2.45 bits per heavy atom. The van der Waals surface area contributed by atoms with Crippen LogP contribution in [-0.2, 0) is 11.0 Å². The Morgan fingerprint density at radius 1 is 1.00 bits per heavy atom. The molecule has 0 aliphatic carbocycles.